The zero-order valence-electron chi connectivity index (χ0n) is 31.5. The zero-order chi connectivity index (χ0) is 40.0. The Morgan fingerprint density at radius 2 is 1.50 bits per heavy atom. The van der Waals surface area contributed by atoms with Crippen LogP contribution in [0.3, 0.4) is 0 Å². The largest absolute Gasteiger partial charge is 0.425 e. The molecule has 3 fully saturated rings. The van der Waals surface area contributed by atoms with Gasteiger partial charge in [0.25, 0.3) is 0 Å². The maximum absolute atomic E-state index is 14.6. The number of nitrogens with two attached hydrogens (primary N) is 1. The number of carbonyl (C=O) groups excluding carboxylic acids is 4. The summed E-state index contributed by atoms with van der Waals surface area (Å²) in [5.41, 5.74) is 9.76. The molecule has 4 amide bonds. The number of hydrogen-bond acceptors (Lipinski definition) is 8. The maximum Gasteiger partial charge on any atom is 0.391 e. The van der Waals surface area contributed by atoms with Crippen LogP contribution in [0.2, 0.25) is 0 Å². The Bertz CT molecular complexity index is 2300. The Labute approximate surface area is 335 Å². The third-order valence-corrected chi connectivity index (χ3v) is 13.5. The van der Waals surface area contributed by atoms with Gasteiger partial charge >= 0.3 is 8.60 Å². The van der Waals surface area contributed by atoms with Crippen molar-refractivity contribution in [3.05, 3.63) is 59.3 Å². The number of H-pyrrole nitrogens is 1. The van der Waals surface area contributed by atoms with E-state index in [1.807, 2.05) is 57.3 Å². The molecule has 3 heterocycles. The van der Waals surface area contributed by atoms with Crippen LogP contribution in [-0.4, -0.2) is 75.3 Å². The normalized spacial score (nSPS) is 24.5. The molecule has 2 aliphatic heterocycles. The van der Waals surface area contributed by atoms with Gasteiger partial charge in [0.05, 0.1) is 33.8 Å². The van der Waals surface area contributed by atoms with Crippen molar-refractivity contribution >= 4 is 94.2 Å². The van der Waals surface area contributed by atoms with Gasteiger partial charge in [-0.25, -0.2) is 0 Å². The van der Waals surface area contributed by atoms with E-state index in [9.17, 15) is 29.0 Å². The standard InChI is InChI=1S/C40H45Cl2N6O7P/c1-19(2)33(43)36(50)45-21(4)35(49)46-26-9-27-31(25-8-6-5-7-24(25)26)22(11-41)14-47(27)37(51)39-16-40(17-39,18-39)38(52)48-15-23(12-42)32-28(48)10-29(55-56(53)54)34-30(32)20(3)13-44-34/h5-10,13,19,21-23,33,44,53-54H,11-12,14-18,43H2,1-4H3,(H,45,50)(H,46,49)/t21-,22+,23+,33-,39?,40?/m0/s1. The Hall–Kier alpha value is -3.97. The second-order valence-corrected chi connectivity index (χ2v) is 17.7. The third kappa shape index (κ3) is 5.96. The summed E-state index contributed by atoms with van der Waals surface area (Å²) in [5, 5.41) is 8.20. The summed E-state index contributed by atoms with van der Waals surface area (Å²) in [6.45, 7) is 7.93. The number of hydrogen-bond donors (Lipinski definition) is 6. The number of alkyl halides is 2. The molecular weight excluding hydrogens is 778 g/mol. The maximum atomic E-state index is 14.6. The topological polar surface area (TPSA) is 190 Å². The van der Waals surface area contributed by atoms with Gasteiger partial charge in [-0.2, -0.15) is 0 Å². The van der Waals surface area contributed by atoms with Crippen molar-refractivity contribution in [1.82, 2.24) is 10.3 Å². The average Bonchev–Trinajstić information content (AvgIpc) is 3.82. The van der Waals surface area contributed by atoms with E-state index in [0.717, 1.165) is 32.8 Å². The molecular formula is C40H45Cl2N6O7P. The lowest BCUT2D eigenvalue weighted by Crippen LogP contribution is -2.73. The van der Waals surface area contributed by atoms with E-state index in [1.54, 1.807) is 22.8 Å². The number of aromatic amines is 1. The van der Waals surface area contributed by atoms with Crippen LogP contribution in [0, 0.1) is 23.7 Å². The van der Waals surface area contributed by atoms with E-state index in [4.69, 9.17) is 33.5 Å². The van der Waals surface area contributed by atoms with Gasteiger partial charge in [-0.1, -0.05) is 38.1 Å². The van der Waals surface area contributed by atoms with Crippen molar-refractivity contribution in [2.45, 2.75) is 70.9 Å². The first-order chi connectivity index (χ1) is 26.6. The Kier molecular flexibility index (Phi) is 9.82. The molecule has 7 N–H and O–H groups in total. The average molecular weight is 824 g/mol. The van der Waals surface area contributed by atoms with Gasteiger partial charge in [-0.15, -0.1) is 23.2 Å². The summed E-state index contributed by atoms with van der Waals surface area (Å²) in [5.74, 6) is -0.597. The Balaban J connectivity index is 1.05. The predicted molar refractivity (Wildman–Crippen MR) is 218 cm³/mol. The number of aromatic nitrogens is 1. The molecule has 296 valence electrons. The number of nitrogens with zero attached hydrogens (tertiary/aromatic N) is 2. The summed E-state index contributed by atoms with van der Waals surface area (Å²) in [6, 6.07) is 9.53. The third-order valence-electron chi connectivity index (χ3n) is 12.4. The lowest BCUT2D eigenvalue weighted by atomic mass is 9.34. The van der Waals surface area contributed by atoms with E-state index < -0.39 is 43.3 Å². The molecule has 3 saturated carbocycles. The molecule has 2 bridgehead atoms. The first kappa shape index (κ1) is 38.9. The zero-order valence-corrected chi connectivity index (χ0v) is 33.9. The van der Waals surface area contributed by atoms with Crippen molar-refractivity contribution in [2.24, 2.45) is 22.5 Å². The fourth-order valence-electron chi connectivity index (χ4n) is 9.59. The first-order valence-corrected chi connectivity index (χ1v) is 21.1. The molecule has 13 nitrogen and oxygen atoms in total. The minimum Gasteiger partial charge on any atom is -0.425 e. The Morgan fingerprint density at radius 3 is 2.07 bits per heavy atom. The SMILES string of the molecule is Cc1c[nH]c2c(OP(O)O)cc3c(c12)[C@H](CCl)CN3C(=O)C12CC(C(=O)N3C[C@@H](CCl)c4c3cc(NC(=O)[C@H](C)NC(=O)[C@@H](N)C(C)C)c3ccccc43)(C1)C2. The summed E-state index contributed by atoms with van der Waals surface area (Å²) in [7, 11) is -2.71. The number of benzene rings is 3. The fourth-order valence-corrected chi connectivity index (χ4v) is 10.4. The number of nitrogens with one attached hydrogen (secondary N) is 3. The lowest BCUT2D eigenvalue weighted by molar-refractivity contribution is -0.205. The van der Waals surface area contributed by atoms with Crippen molar-refractivity contribution in [3.8, 4) is 5.75 Å². The van der Waals surface area contributed by atoms with Crippen LogP contribution in [0.1, 0.15) is 68.6 Å². The predicted octanol–water partition coefficient (Wildman–Crippen LogP) is 5.85. The van der Waals surface area contributed by atoms with E-state index >= 15 is 0 Å². The minimum atomic E-state index is -2.71. The van der Waals surface area contributed by atoms with Crippen molar-refractivity contribution in [2.75, 3.05) is 40.0 Å². The quantitative estimate of drug-likeness (QED) is 0.0802. The van der Waals surface area contributed by atoms with Gasteiger partial charge in [0.15, 0.2) is 5.75 Å². The van der Waals surface area contributed by atoms with Gasteiger partial charge in [0, 0.05) is 65.4 Å². The summed E-state index contributed by atoms with van der Waals surface area (Å²) in [4.78, 5) is 81.4. The monoisotopic (exact) mass is 822 g/mol. The highest BCUT2D eigenvalue weighted by Crippen LogP contribution is 2.75. The number of amides is 4. The molecule has 16 heteroatoms. The van der Waals surface area contributed by atoms with Crippen LogP contribution in [-0.2, 0) is 19.2 Å². The van der Waals surface area contributed by atoms with Crippen LogP contribution in [0.15, 0.2) is 42.6 Å². The highest BCUT2D eigenvalue weighted by molar-refractivity contribution is 7.39. The molecule has 0 spiro atoms. The van der Waals surface area contributed by atoms with E-state index in [1.165, 1.54) is 0 Å². The van der Waals surface area contributed by atoms with Crippen LogP contribution in [0.4, 0.5) is 17.1 Å². The molecule has 4 aromatic rings. The van der Waals surface area contributed by atoms with Gasteiger partial charge in [0.2, 0.25) is 23.6 Å². The molecule has 1 aromatic heterocycles. The molecule has 4 atom stereocenters. The number of aryl methyl sites for hydroxylation is 1. The molecule has 5 aliphatic rings. The molecule has 0 unspecified atom stereocenters. The second-order valence-electron chi connectivity index (χ2n) is 16.4. The Morgan fingerprint density at radius 1 is 0.929 bits per heavy atom. The smallest absolute Gasteiger partial charge is 0.391 e. The molecule has 0 radical (unpaired) electrons. The van der Waals surface area contributed by atoms with Crippen LogP contribution in [0.5, 0.6) is 5.75 Å². The minimum absolute atomic E-state index is 0.0723. The van der Waals surface area contributed by atoms with Gasteiger partial charge in [-0.05, 0) is 67.2 Å². The molecule has 9 rings (SSSR count). The van der Waals surface area contributed by atoms with Gasteiger partial charge in [-0.3, -0.25) is 19.2 Å². The molecule has 56 heavy (non-hydrogen) atoms. The first-order valence-electron chi connectivity index (χ1n) is 18.8. The summed E-state index contributed by atoms with van der Waals surface area (Å²) < 4.78 is 5.42. The van der Waals surface area contributed by atoms with Gasteiger partial charge in [0.1, 0.15) is 6.04 Å². The number of rotatable bonds is 11. The summed E-state index contributed by atoms with van der Waals surface area (Å²) >= 11 is 13.1. The van der Waals surface area contributed by atoms with Crippen molar-refractivity contribution in [1.29, 1.82) is 0 Å². The number of fused-ring (bicyclic) bond motifs is 6. The molecule has 3 aromatic carbocycles. The van der Waals surface area contributed by atoms with Crippen LogP contribution in [0.25, 0.3) is 21.7 Å². The summed E-state index contributed by atoms with van der Waals surface area (Å²) in [6.07, 6.45) is 3.00. The van der Waals surface area contributed by atoms with E-state index in [2.05, 4.69) is 15.6 Å². The van der Waals surface area contributed by atoms with Gasteiger partial charge < -0.3 is 45.5 Å². The second kappa shape index (κ2) is 14.1. The highest BCUT2D eigenvalue weighted by atomic mass is 35.5. The fraction of sp³-hybridized carbons (Fsp3) is 0.450. The van der Waals surface area contributed by atoms with E-state index in [0.29, 0.717) is 54.9 Å². The molecule has 0 saturated heterocycles. The molecule has 3 aliphatic carbocycles. The van der Waals surface area contributed by atoms with Crippen LogP contribution < -0.4 is 30.7 Å². The lowest BCUT2D eigenvalue weighted by Gasteiger charge is -2.69. The van der Waals surface area contributed by atoms with Crippen LogP contribution >= 0.6 is 31.8 Å². The number of carbonyl (C=O) groups is 4. The van der Waals surface area contributed by atoms with E-state index in [-0.39, 0.29) is 47.1 Å². The van der Waals surface area contributed by atoms with Crippen molar-refractivity contribution < 1.29 is 33.5 Å². The number of anilines is 3. The number of halogens is 2. The van der Waals surface area contributed by atoms with Crippen molar-refractivity contribution in [3.63, 3.8) is 0 Å². The highest BCUT2D eigenvalue weighted by Gasteiger charge is 2.76.